The third kappa shape index (κ3) is 3.31. The van der Waals surface area contributed by atoms with Crippen molar-refractivity contribution in [3.05, 3.63) is 59.7 Å². The van der Waals surface area contributed by atoms with Crippen molar-refractivity contribution in [2.24, 2.45) is 0 Å². The molecule has 0 saturated heterocycles. The van der Waals surface area contributed by atoms with E-state index in [0.29, 0.717) is 23.5 Å². The average Bonchev–Trinajstić information content (AvgIpc) is 2.78. The van der Waals surface area contributed by atoms with Crippen LogP contribution in [0.1, 0.15) is 34.1 Å². The number of hydrogen-bond acceptors (Lipinski definition) is 5. The highest BCUT2D eigenvalue weighted by Gasteiger charge is 2.36. The number of carbonyl (C=O) groups is 3. The van der Waals surface area contributed by atoms with Gasteiger partial charge in [-0.15, -0.1) is 0 Å². The van der Waals surface area contributed by atoms with Crippen LogP contribution >= 0.6 is 0 Å². The minimum absolute atomic E-state index is 0.273. The molecule has 0 aliphatic carbocycles. The lowest BCUT2D eigenvalue weighted by molar-refractivity contribution is -0.135. The zero-order chi connectivity index (χ0) is 18.7. The van der Waals surface area contributed by atoms with E-state index in [9.17, 15) is 14.4 Å². The summed E-state index contributed by atoms with van der Waals surface area (Å²) in [6.07, 6.45) is -0.412. The van der Waals surface area contributed by atoms with Crippen molar-refractivity contribution < 1.29 is 23.9 Å². The van der Waals surface area contributed by atoms with Gasteiger partial charge in [0.05, 0.1) is 19.2 Å². The summed E-state index contributed by atoms with van der Waals surface area (Å²) in [5.41, 5.74) is 0.645. The maximum atomic E-state index is 12.8. The molecule has 2 aromatic carbocycles. The Kier molecular flexibility index (Phi) is 5.02. The molecule has 1 atom stereocenters. The van der Waals surface area contributed by atoms with Gasteiger partial charge in [-0.05, 0) is 30.7 Å². The van der Waals surface area contributed by atoms with E-state index in [-0.39, 0.29) is 17.9 Å². The summed E-state index contributed by atoms with van der Waals surface area (Å²) in [5, 5.41) is 0. The van der Waals surface area contributed by atoms with Gasteiger partial charge in [-0.2, -0.15) is 0 Å². The van der Waals surface area contributed by atoms with Gasteiger partial charge in [-0.3, -0.25) is 19.3 Å². The number of methoxy groups -OCH3 is 1. The molecule has 0 N–H and O–H groups in total. The highest BCUT2D eigenvalue weighted by atomic mass is 16.5. The zero-order valence-corrected chi connectivity index (χ0v) is 14.6. The van der Waals surface area contributed by atoms with Gasteiger partial charge in [0.2, 0.25) is 0 Å². The number of para-hydroxylation sites is 1. The predicted octanol–water partition coefficient (Wildman–Crippen LogP) is 2.72. The lowest BCUT2D eigenvalue weighted by Crippen LogP contribution is -2.45. The van der Waals surface area contributed by atoms with E-state index >= 15 is 0 Å². The third-order valence-electron chi connectivity index (χ3n) is 4.24. The lowest BCUT2D eigenvalue weighted by atomic mass is 10.1. The minimum Gasteiger partial charge on any atom is -0.497 e. The molecular weight excluding hydrogens is 334 g/mol. The number of hydrogen-bond donors (Lipinski definition) is 0. The maximum Gasteiger partial charge on any atom is 0.270 e. The molecule has 1 unspecified atom stereocenters. The molecule has 2 amide bonds. The van der Waals surface area contributed by atoms with E-state index in [1.807, 2.05) is 0 Å². The molecule has 1 heterocycles. The van der Waals surface area contributed by atoms with E-state index in [2.05, 4.69) is 0 Å². The number of carbonyl (C=O) groups excluding carboxylic acids is 3. The van der Waals surface area contributed by atoms with Crippen LogP contribution in [0.25, 0.3) is 0 Å². The van der Waals surface area contributed by atoms with Crippen LogP contribution in [0.2, 0.25) is 0 Å². The van der Waals surface area contributed by atoms with E-state index in [1.54, 1.807) is 55.5 Å². The number of imide groups is 1. The topological polar surface area (TPSA) is 72.9 Å². The fourth-order valence-corrected chi connectivity index (χ4v) is 2.81. The standard InChI is InChI=1S/C20H19NO5/c1-3-17-20(24)21(19(23)15-9-4-5-10-18(15)26-17)12-16(22)13-7-6-8-14(11-13)25-2/h4-11,17H,3,12H2,1-2H3. The molecule has 6 nitrogen and oxygen atoms in total. The molecule has 0 fully saturated rings. The van der Waals surface area contributed by atoms with Crippen molar-refractivity contribution in [2.45, 2.75) is 19.4 Å². The number of nitrogens with zero attached hydrogens (tertiary/aromatic N) is 1. The first-order valence-corrected chi connectivity index (χ1v) is 8.33. The Balaban J connectivity index is 1.92. The zero-order valence-electron chi connectivity index (χ0n) is 14.6. The van der Waals surface area contributed by atoms with E-state index in [0.717, 1.165) is 4.90 Å². The Morgan fingerprint density at radius 1 is 1.15 bits per heavy atom. The summed E-state index contributed by atoms with van der Waals surface area (Å²) >= 11 is 0. The Bertz CT molecular complexity index is 861. The second-order valence-electron chi connectivity index (χ2n) is 5.90. The van der Waals surface area contributed by atoms with Crippen LogP contribution in [0, 0.1) is 0 Å². The van der Waals surface area contributed by atoms with Gasteiger partial charge in [-0.25, -0.2) is 0 Å². The van der Waals surface area contributed by atoms with Gasteiger partial charge in [0, 0.05) is 5.56 Å². The molecule has 2 aromatic rings. The first-order chi connectivity index (χ1) is 12.5. The lowest BCUT2D eigenvalue weighted by Gasteiger charge is -2.21. The smallest absolute Gasteiger partial charge is 0.270 e. The van der Waals surface area contributed by atoms with Gasteiger partial charge in [0.1, 0.15) is 11.5 Å². The highest BCUT2D eigenvalue weighted by Crippen LogP contribution is 2.26. The summed E-state index contributed by atoms with van der Waals surface area (Å²) in [6, 6.07) is 13.3. The number of benzene rings is 2. The SMILES string of the molecule is CCC1Oc2ccccc2C(=O)N(CC(=O)c2cccc(OC)c2)C1=O. The van der Waals surface area contributed by atoms with Crippen LogP contribution in [0.15, 0.2) is 48.5 Å². The predicted molar refractivity (Wildman–Crippen MR) is 94.5 cm³/mol. The van der Waals surface area contributed by atoms with Crippen LogP contribution in [0.5, 0.6) is 11.5 Å². The molecule has 1 aliphatic heterocycles. The highest BCUT2D eigenvalue weighted by molar-refractivity contribution is 6.12. The van der Waals surface area contributed by atoms with E-state index in [1.165, 1.54) is 7.11 Å². The normalized spacial score (nSPS) is 16.5. The first-order valence-electron chi connectivity index (χ1n) is 8.33. The van der Waals surface area contributed by atoms with Crippen molar-refractivity contribution in [1.82, 2.24) is 4.90 Å². The summed E-state index contributed by atoms with van der Waals surface area (Å²) in [4.78, 5) is 39.2. The fourth-order valence-electron chi connectivity index (χ4n) is 2.81. The Labute approximate surface area is 151 Å². The first kappa shape index (κ1) is 17.7. The largest absolute Gasteiger partial charge is 0.497 e. The number of amides is 2. The Morgan fingerprint density at radius 3 is 2.65 bits per heavy atom. The van der Waals surface area contributed by atoms with Crippen molar-refractivity contribution >= 4 is 17.6 Å². The molecule has 0 bridgehead atoms. The van der Waals surface area contributed by atoms with Crippen LogP contribution in [-0.2, 0) is 4.79 Å². The number of rotatable bonds is 5. The second-order valence-corrected chi connectivity index (χ2v) is 5.90. The molecular formula is C20H19NO5. The molecule has 0 radical (unpaired) electrons. The van der Waals surface area contributed by atoms with Gasteiger partial charge in [0.25, 0.3) is 11.8 Å². The summed E-state index contributed by atoms with van der Waals surface area (Å²) < 4.78 is 10.8. The van der Waals surface area contributed by atoms with E-state index in [4.69, 9.17) is 9.47 Å². The second kappa shape index (κ2) is 7.39. The third-order valence-corrected chi connectivity index (χ3v) is 4.24. The van der Waals surface area contributed by atoms with E-state index < -0.39 is 17.9 Å². The minimum atomic E-state index is -0.805. The molecule has 26 heavy (non-hydrogen) atoms. The van der Waals surface area contributed by atoms with Crippen LogP contribution in [-0.4, -0.2) is 42.3 Å². The molecule has 1 aliphatic rings. The fraction of sp³-hybridized carbons (Fsp3) is 0.250. The van der Waals surface area contributed by atoms with Crippen molar-refractivity contribution in [2.75, 3.05) is 13.7 Å². The van der Waals surface area contributed by atoms with Crippen LogP contribution in [0.4, 0.5) is 0 Å². The molecule has 0 aromatic heterocycles. The molecule has 0 spiro atoms. The monoisotopic (exact) mass is 353 g/mol. The van der Waals surface area contributed by atoms with Crippen molar-refractivity contribution in [3.63, 3.8) is 0 Å². The van der Waals surface area contributed by atoms with Crippen LogP contribution < -0.4 is 9.47 Å². The van der Waals surface area contributed by atoms with Gasteiger partial charge < -0.3 is 9.47 Å². The number of ketones is 1. The van der Waals surface area contributed by atoms with Gasteiger partial charge >= 0.3 is 0 Å². The maximum absolute atomic E-state index is 12.8. The molecule has 3 rings (SSSR count). The number of Topliss-reactive ketones (excluding diaryl/α,β-unsaturated/α-hetero) is 1. The quantitative estimate of drug-likeness (QED) is 0.610. The Morgan fingerprint density at radius 2 is 1.92 bits per heavy atom. The van der Waals surface area contributed by atoms with Crippen LogP contribution in [0.3, 0.4) is 0 Å². The van der Waals surface area contributed by atoms with Crippen molar-refractivity contribution in [1.29, 1.82) is 0 Å². The Hall–Kier alpha value is -3.15. The summed E-state index contributed by atoms with van der Waals surface area (Å²) in [7, 11) is 1.51. The molecule has 134 valence electrons. The van der Waals surface area contributed by atoms with Gasteiger partial charge in [0.15, 0.2) is 11.9 Å². The molecule has 0 saturated carbocycles. The number of fused-ring (bicyclic) bond motifs is 1. The average molecular weight is 353 g/mol. The number of ether oxygens (including phenoxy) is 2. The summed E-state index contributed by atoms with van der Waals surface area (Å²) in [6.45, 7) is 1.45. The summed E-state index contributed by atoms with van der Waals surface area (Å²) in [5.74, 6) is -0.499. The molecule has 6 heteroatoms. The van der Waals surface area contributed by atoms with Crippen molar-refractivity contribution in [3.8, 4) is 11.5 Å². The van der Waals surface area contributed by atoms with Gasteiger partial charge in [-0.1, -0.05) is 31.2 Å².